The molecule has 12 heteroatoms. The molecule has 0 saturated heterocycles. The first-order valence-corrected chi connectivity index (χ1v) is 14.5. The summed E-state index contributed by atoms with van der Waals surface area (Å²) >= 11 is 0. The lowest BCUT2D eigenvalue weighted by atomic mass is 9.39. The Labute approximate surface area is 233 Å². The fourth-order valence-corrected chi connectivity index (χ4v) is 9.23. The molecule has 0 radical (unpaired) electrons. The maximum absolute atomic E-state index is 11.4. The second kappa shape index (κ2) is 10.6. The van der Waals surface area contributed by atoms with Gasteiger partial charge in [0.25, 0.3) is 5.56 Å². The number of hydrogen-bond donors (Lipinski definition) is 7. The molecule has 2 aromatic rings. The highest BCUT2D eigenvalue weighted by molar-refractivity contribution is 5.70. The van der Waals surface area contributed by atoms with Gasteiger partial charge in [0, 0.05) is 5.41 Å². The molecule has 1 spiro atoms. The molecule has 6 rings (SSSR count). The van der Waals surface area contributed by atoms with Gasteiger partial charge in [-0.05, 0) is 80.0 Å². The van der Waals surface area contributed by atoms with Crippen molar-refractivity contribution in [2.45, 2.75) is 83.6 Å². The third-order valence-electron chi connectivity index (χ3n) is 11.5. The number of nitrogens with two attached hydrogens (primary N) is 1. The third kappa shape index (κ3) is 4.38. The molecule has 0 unspecified atom stereocenters. The van der Waals surface area contributed by atoms with Crippen LogP contribution in [-0.2, 0) is 11.5 Å². The van der Waals surface area contributed by atoms with Crippen molar-refractivity contribution in [1.29, 1.82) is 0 Å². The van der Waals surface area contributed by atoms with Gasteiger partial charge in [-0.2, -0.15) is 4.98 Å². The SMILES string of the molecule is C[C@@]1(CO)[C@H](O)CC[C@@]2(C)[C@H]1CC[C@H]1C[C@@H]3C[C@@]12CC[C@]3(O)CO.Nc1nc2c(ncn2COCCO)c(=O)[nH]1. The molecule has 224 valence electrons. The van der Waals surface area contributed by atoms with E-state index >= 15 is 0 Å². The predicted octanol–water partition coefficient (Wildman–Crippen LogP) is 0.754. The van der Waals surface area contributed by atoms with Crippen molar-refractivity contribution in [1.82, 2.24) is 19.5 Å². The minimum Gasteiger partial charge on any atom is -0.396 e. The van der Waals surface area contributed by atoms with Gasteiger partial charge >= 0.3 is 0 Å². The fourth-order valence-electron chi connectivity index (χ4n) is 9.23. The van der Waals surface area contributed by atoms with E-state index in [0.29, 0.717) is 23.9 Å². The van der Waals surface area contributed by atoms with Crippen LogP contribution in [0.2, 0.25) is 0 Å². The summed E-state index contributed by atoms with van der Waals surface area (Å²) in [5.74, 6) is 1.21. The number of anilines is 1. The second-order valence-corrected chi connectivity index (χ2v) is 13.1. The zero-order valence-corrected chi connectivity index (χ0v) is 23.6. The maximum atomic E-state index is 11.4. The molecule has 4 fully saturated rings. The second-order valence-electron chi connectivity index (χ2n) is 13.1. The highest BCUT2D eigenvalue weighted by Gasteiger charge is 2.70. The highest BCUT2D eigenvalue weighted by atomic mass is 16.5. The summed E-state index contributed by atoms with van der Waals surface area (Å²) < 4.78 is 6.63. The maximum Gasteiger partial charge on any atom is 0.280 e. The van der Waals surface area contributed by atoms with Crippen LogP contribution < -0.4 is 11.3 Å². The van der Waals surface area contributed by atoms with E-state index < -0.39 is 17.1 Å². The largest absolute Gasteiger partial charge is 0.396 e. The average Bonchev–Trinajstić information content (AvgIpc) is 3.50. The molecule has 2 bridgehead atoms. The summed E-state index contributed by atoms with van der Waals surface area (Å²) in [6, 6.07) is 0. The molecular weight excluding hydrogens is 518 g/mol. The van der Waals surface area contributed by atoms with Crippen molar-refractivity contribution in [2.75, 3.05) is 32.2 Å². The summed E-state index contributed by atoms with van der Waals surface area (Å²) in [6.45, 7) is 4.73. The summed E-state index contributed by atoms with van der Waals surface area (Å²) in [4.78, 5) is 21.6. The Morgan fingerprint density at radius 3 is 2.60 bits per heavy atom. The van der Waals surface area contributed by atoms with E-state index in [1.165, 1.54) is 10.9 Å². The smallest absolute Gasteiger partial charge is 0.280 e. The fraction of sp³-hybridized carbons (Fsp3) is 0.821. The molecule has 12 nitrogen and oxygen atoms in total. The van der Waals surface area contributed by atoms with Crippen LogP contribution in [0.25, 0.3) is 11.2 Å². The number of nitrogen functional groups attached to an aromatic ring is 1. The molecular formula is C28H45N5O7. The van der Waals surface area contributed by atoms with Crippen molar-refractivity contribution in [2.24, 2.45) is 34.0 Å². The Morgan fingerprint density at radius 1 is 1.12 bits per heavy atom. The van der Waals surface area contributed by atoms with Crippen molar-refractivity contribution in [3.63, 3.8) is 0 Å². The van der Waals surface area contributed by atoms with Crippen molar-refractivity contribution in [3.8, 4) is 0 Å². The molecule has 2 heterocycles. The van der Waals surface area contributed by atoms with E-state index in [2.05, 4.69) is 28.8 Å². The number of imidazole rings is 1. The zero-order valence-electron chi connectivity index (χ0n) is 23.6. The number of nitrogens with zero attached hydrogens (tertiary/aromatic N) is 3. The Bertz CT molecular complexity index is 1270. The van der Waals surface area contributed by atoms with Gasteiger partial charge in [-0.15, -0.1) is 0 Å². The van der Waals surface area contributed by atoms with E-state index in [-0.39, 0.29) is 66.9 Å². The van der Waals surface area contributed by atoms with Gasteiger partial charge in [0.1, 0.15) is 6.73 Å². The van der Waals surface area contributed by atoms with Gasteiger partial charge in [-0.1, -0.05) is 13.8 Å². The number of ether oxygens (including phenoxy) is 1. The lowest BCUT2D eigenvalue weighted by Gasteiger charge is -2.66. The van der Waals surface area contributed by atoms with E-state index in [0.717, 1.165) is 44.9 Å². The Kier molecular flexibility index (Phi) is 7.82. The molecule has 4 saturated carbocycles. The first-order valence-electron chi connectivity index (χ1n) is 14.5. The molecule has 40 heavy (non-hydrogen) atoms. The summed E-state index contributed by atoms with van der Waals surface area (Å²) in [5.41, 5.74) is 4.65. The van der Waals surface area contributed by atoms with E-state index in [4.69, 9.17) is 15.6 Å². The standard InChI is InChI=1S/C20H34O4.C8H11N5O3/c1-17(11-21)15-4-3-13-9-14-10-19(13,7-8-20(14,24)12-22)18(15,2)6-5-16(17)23;9-8-11-6-5(7(15)12-8)10-3-13(6)4-16-2-1-14/h13-16,21-24H,3-12H2,1-2H3;3,14H,1-2,4H2,(H3,9,11,12,15)/t13-,14+,15-,16+,17-,18-,19-,20-;/m0./s1. The zero-order chi connectivity index (χ0) is 28.9. The normalized spacial score (nSPS) is 40.3. The number of aromatic amines is 1. The number of hydrogen-bond acceptors (Lipinski definition) is 10. The van der Waals surface area contributed by atoms with E-state index in [1.54, 1.807) is 0 Å². The van der Waals surface area contributed by atoms with Gasteiger partial charge in [0.15, 0.2) is 11.2 Å². The monoisotopic (exact) mass is 563 g/mol. The third-order valence-corrected chi connectivity index (χ3v) is 11.5. The summed E-state index contributed by atoms with van der Waals surface area (Å²) in [7, 11) is 0. The van der Waals surface area contributed by atoms with Crippen molar-refractivity contribution < 1.29 is 30.3 Å². The number of fused-ring (bicyclic) bond motifs is 3. The van der Waals surface area contributed by atoms with Gasteiger partial charge in [-0.3, -0.25) is 14.3 Å². The molecule has 0 aliphatic heterocycles. The van der Waals surface area contributed by atoms with E-state index in [1.807, 2.05) is 0 Å². The lowest BCUT2D eigenvalue weighted by Crippen LogP contribution is -2.63. The Morgan fingerprint density at radius 2 is 1.90 bits per heavy atom. The van der Waals surface area contributed by atoms with Gasteiger partial charge < -0.3 is 36.0 Å². The number of rotatable bonds is 6. The van der Waals surface area contributed by atoms with Crippen LogP contribution in [0.4, 0.5) is 5.95 Å². The molecule has 8 N–H and O–H groups in total. The predicted molar refractivity (Wildman–Crippen MR) is 147 cm³/mol. The lowest BCUT2D eigenvalue weighted by molar-refractivity contribution is -0.216. The van der Waals surface area contributed by atoms with Gasteiger partial charge in [0.2, 0.25) is 5.95 Å². The molecule has 2 aromatic heterocycles. The molecule has 0 amide bonds. The minimum atomic E-state index is -0.886. The van der Waals surface area contributed by atoms with E-state index in [9.17, 15) is 25.2 Å². The Hall–Kier alpha value is -2.09. The number of aromatic nitrogens is 4. The average molecular weight is 564 g/mol. The molecule has 4 aliphatic carbocycles. The quantitative estimate of drug-likeness (QED) is 0.246. The van der Waals surface area contributed by atoms with Crippen molar-refractivity contribution in [3.05, 3.63) is 16.7 Å². The van der Waals surface area contributed by atoms with Gasteiger partial charge in [-0.25, -0.2) is 4.98 Å². The summed E-state index contributed by atoms with van der Waals surface area (Å²) in [6.07, 6.45) is 8.76. The first-order chi connectivity index (χ1) is 19.0. The van der Waals surface area contributed by atoms with Crippen LogP contribution in [0.15, 0.2) is 11.1 Å². The molecule has 4 aliphatic rings. The molecule has 0 aromatic carbocycles. The molecule has 8 atom stereocenters. The number of aliphatic hydroxyl groups excluding tert-OH is 4. The van der Waals surface area contributed by atoms with Crippen LogP contribution in [0.3, 0.4) is 0 Å². The van der Waals surface area contributed by atoms with Crippen molar-refractivity contribution >= 4 is 17.1 Å². The van der Waals surface area contributed by atoms with Crippen LogP contribution in [0.1, 0.15) is 65.2 Å². The topological polar surface area (TPSA) is 200 Å². The van der Waals surface area contributed by atoms with Crippen LogP contribution in [0.5, 0.6) is 0 Å². The minimum absolute atomic E-state index is 0.0291. The van der Waals surface area contributed by atoms with Gasteiger partial charge in [0.05, 0.1) is 44.5 Å². The number of nitrogens with one attached hydrogen (secondary N) is 1. The summed E-state index contributed by atoms with van der Waals surface area (Å²) in [5, 5.41) is 49.9. The van der Waals surface area contributed by atoms with Crippen LogP contribution in [0, 0.1) is 34.0 Å². The Balaban J connectivity index is 0.000000176. The van der Waals surface area contributed by atoms with Crippen LogP contribution in [-0.4, -0.2) is 83.2 Å². The first kappa shape index (κ1) is 29.4. The number of H-pyrrole nitrogens is 1. The number of aliphatic hydroxyl groups is 5. The highest BCUT2D eigenvalue weighted by Crippen LogP contribution is 2.75. The van der Waals surface area contributed by atoms with Crippen LogP contribution >= 0.6 is 0 Å².